The van der Waals surface area contributed by atoms with Gasteiger partial charge >= 0.3 is 5.97 Å². The van der Waals surface area contributed by atoms with E-state index in [4.69, 9.17) is 16.3 Å². The number of fused-ring (bicyclic) bond motifs is 1. The van der Waals surface area contributed by atoms with Crippen LogP contribution in [0, 0.1) is 5.92 Å². The van der Waals surface area contributed by atoms with Crippen LogP contribution in [0.3, 0.4) is 0 Å². The third-order valence-electron chi connectivity index (χ3n) is 3.71. The van der Waals surface area contributed by atoms with Crippen molar-refractivity contribution >= 4 is 40.2 Å². The van der Waals surface area contributed by atoms with Crippen molar-refractivity contribution in [1.29, 1.82) is 0 Å². The number of hydrogen-bond donors (Lipinski definition) is 0. The summed E-state index contributed by atoms with van der Waals surface area (Å²) in [5.74, 6) is 2.91. The van der Waals surface area contributed by atoms with Crippen molar-refractivity contribution in [3.63, 3.8) is 0 Å². The monoisotopic (exact) mass is 324 g/mol. The molecule has 1 fully saturated rings. The highest BCUT2D eigenvalue weighted by atomic mass is 35.5. The van der Waals surface area contributed by atoms with Crippen molar-refractivity contribution < 1.29 is 9.53 Å². The second kappa shape index (κ2) is 6.28. The van der Waals surface area contributed by atoms with Crippen molar-refractivity contribution in [2.24, 2.45) is 5.92 Å². The molecule has 0 radical (unpaired) electrons. The van der Waals surface area contributed by atoms with E-state index >= 15 is 0 Å². The lowest BCUT2D eigenvalue weighted by atomic mass is 10.1. The van der Waals surface area contributed by atoms with Crippen molar-refractivity contribution in [3.8, 4) is 0 Å². The third kappa shape index (κ3) is 3.04. The van der Waals surface area contributed by atoms with Crippen LogP contribution < -0.4 is 0 Å². The zero-order valence-electron chi connectivity index (χ0n) is 11.8. The Hall–Kier alpha value is -1.20. The maximum Gasteiger partial charge on any atom is 0.354 e. The van der Waals surface area contributed by atoms with Crippen molar-refractivity contribution in [1.82, 2.24) is 9.55 Å². The van der Waals surface area contributed by atoms with Gasteiger partial charge < -0.3 is 9.30 Å². The van der Waals surface area contributed by atoms with Gasteiger partial charge in [0.05, 0.1) is 18.3 Å². The van der Waals surface area contributed by atoms with Gasteiger partial charge in [0.1, 0.15) is 10.8 Å². The second-order valence-electron chi connectivity index (χ2n) is 5.16. The number of aromatic nitrogens is 2. The Bertz CT molecular complexity index is 667. The van der Waals surface area contributed by atoms with E-state index in [0.29, 0.717) is 17.5 Å². The molecule has 0 unspecified atom stereocenters. The molecule has 2 aromatic heterocycles. The molecule has 0 atom stereocenters. The molecule has 0 amide bonds. The van der Waals surface area contributed by atoms with Crippen LogP contribution in [-0.2, 0) is 11.3 Å². The van der Waals surface area contributed by atoms with E-state index in [1.807, 2.05) is 29.3 Å². The maximum absolute atomic E-state index is 12.1. The predicted molar refractivity (Wildman–Crippen MR) is 86.1 cm³/mol. The Morgan fingerprint density at radius 1 is 1.52 bits per heavy atom. The fraction of sp³-hybridized carbons (Fsp3) is 0.467. The van der Waals surface area contributed by atoms with Crippen molar-refractivity contribution in [2.45, 2.75) is 19.9 Å². The Balaban J connectivity index is 1.95. The number of hydrogen-bond acceptors (Lipinski definition) is 4. The van der Waals surface area contributed by atoms with Crippen LogP contribution in [0.2, 0.25) is 5.15 Å². The van der Waals surface area contributed by atoms with Gasteiger partial charge in [-0.2, -0.15) is 11.8 Å². The summed E-state index contributed by atoms with van der Waals surface area (Å²) in [6.07, 6.45) is 2.81. The van der Waals surface area contributed by atoms with Gasteiger partial charge in [-0.25, -0.2) is 9.78 Å². The summed E-state index contributed by atoms with van der Waals surface area (Å²) in [7, 11) is 0. The van der Waals surface area contributed by atoms with Crippen molar-refractivity contribution in [2.75, 3.05) is 18.1 Å². The lowest BCUT2D eigenvalue weighted by Gasteiger charge is -2.25. The van der Waals surface area contributed by atoms with Gasteiger partial charge in [-0.15, -0.1) is 0 Å². The highest BCUT2D eigenvalue weighted by molar-refractivity contribution is 8.00. The van der Waals surface area contributed by atoms with E-state index < -0.39 is 0 Å². The molecule has 21 heavy (non-hydrogen) atoms. The number of ether oxygens (including phenoxy) is 1. The number of rotatable bonds is 5. The number of pyridine rings is 1. The van der Waals surface area contributed by atoms with E-state index in [1.54, 1.807) is 12.3 Å². The molecular formula is C15H17ClN2O2S. The molecule has 1 aliphatic heterocycles. The molecule has 0 aromatic carbocycles. The number of esters is 1. The van der Waals surface area contributed by atoms with Crippen LogP contribution in [0.5, 0.6) is 0 Å². The highest BCUT2D eigenvalue weighted by Gasteiger charge is 2.21. The first kappa shape index (κ1) is 14.7. The smallest absolute Gasteiger partial charge is 0.354 e. The number of aryl methyl sites for hydroxylation is 1. The molecule has 1 aliphatic rings. The molecule has 0 bridgehead atoms. The minimum atomic E-state index is -0.284. The second-order valence-corrected chi connectivity index (χ2v) is 6.62. The highest BCUT2D eigenvalue weighted by Crippen LogP contribution is 2.29. The lowest BCUT2D eigenvalue weighted by Crippen LogP contribution is -2.21. The fourth-order valence-electron chi connectivity index (χ4n) is 2.51. The summed E-state index contributed by atoms with van der Waals surface area (Å²) in [5, 5.41) is 1.37. The first-order chi connectivity index (χ1) is 10.2. The quantitative estimate of drug-likeness (QED) is 0.622. The van der Waals surface area contributed by atoms with E-state index in [2.05, 4.69) is 4.98 Å². The minimum absolute atomic E-state index is 0.284. The molecule has 4 nitrogen and oxygen atoms in total. The number of thioether (sulfide) groups is 1. The molecule has 112 valence electrons. The largest absolute Gasteiger partial charge is 0.461 e. The van der Waals surface area contributed by atoms with E-state index in [1.165, 1.54) is 11.5 Å². The Kier molecular flexibility index (Phi) is 4.40. The molecule has 3 rings (SSSR count). The molecule has 0 saturated carbocycles. The van der Waals surface area contributed by atoms with E-state index in [0.717, 1.165) is 29.8 Å². The van der Waals surface area contributed by atoms with Gasteiger partial charge in [-0.1, -0.05) is 11.6 Å². The summed E-state index contributed by atoms with van der Waals surface area (Å²) in [6, 6.07) is 3.63. The van der Waals surface area contributed by atoms with Crippen LogP contribution >= 0.6 is 23.4 Å². The summed E-state index contributed by atoms with van der Waals surface area (Å²) < 4.78 is 7.17. The topological polar surface area (TPSA) is 44.1 Å². The lowest BCUT2D eigenvalue weighted by molar-refractivity contribution is 0.0514. The van der Waals surface area contributed by atoms with E-state index in [9.17, 15) is 4.79 Å². The molecule has 1 saturated heterocycles. The van der Waals surface area contributed by atoms with Crippen molar-refractivity contribution in [3.05, 3.63) is 29.2 Å². The summed E-state index contributed by atoms with van der Waals surface area (Å²) in [6.45, 7) is 3.00. The SMILES string of the molecule is CCOC(=O)c1cc2cc(Cl)ncc2n1CCC1CSC1. The van der Waals surface area contributed by atoms with E-state index in [-0.39, 0.29) is 5.97 Å². The summed E-state index contributed by atoms with van der Waals surface area (Å²) in [4.78, 5) is 16.3. The van der Waals surface area contributed by atoms with Gasteiger partial charge in [0.2, 0.25) is 0 Å². The molecule has 6 heteroatoms. The van der Waals surface area contributed by atoms with Crippen LogP contribution in [0.1, 0.15) is 23.8 Å². The predicted octanol–water partition coefficient (Wildman–Crippen LogP) is 3.62. The van der Waals surface area contributed by atoms with Gasteiger partial charge in [0, 0.05) is 11.9 Å². The Morgan fingerprint density at radius 2 is 2.33 bits per heavy atom. The number of nitrogens with zero attached hydrogens (tertiary/aromatic N) is 2. The third-order valence-corrected chi connectivity index (χ3v) is 5.33. The number of carbonyl (C=O) groups excluding carboxylic acids is 1. The number of carbonyl (C=O) groups is 1. The van der Waals surface area contributed by atoms with Crippen LogP contribution in [0.25, 0.3) is 10.9 Å². The van der Waals surface area contributed by atoms with Gasteiger partial charge in [0.15, 0.2) is 0 Å². The first-order valence-corrected chi connectivity index (χ1v) is 8.62. The normalized spacial score (nSPS) is 15.1. The van der Waals surface area contributed by atoms with Gasteiger partial charge in [-0.05, 0) is 42.9 Å². The maximum atomic E-state index is 12.1. The molecule has 3 heterocycles. The van der Waals surface area contributed by atoms with Gasteiger partial charge in [0.25, 0.3) is 0 Å². The number of halogens is 1. The molecule has 0 spiro atoms. The molecule has 0 N–H and O–H groups in total. The zero-order chi connectivity index (χ0) is 14.8. The average molecular weight is 325 g/mol. The first-order valence-electron chi connectivity index (χ1n) is 7.08. The fourth-order valence-corrected chi connectivity index (χ4v) is 3.58. The Labute approximate surface area is 132 Å². The summed E-state index contributed by atoms with van der Waals surface area (Å²) >= 11 is 7.92. The van der Waals surface area contributed by atoms with Gasteiger partial charge in [-0.3, -0.25) is 0 Å². The van der Waals surface area contributed by atoms with Crippen LogP contribution in [-0.4, -0.2) is 33.6 Å². The zero-order valence-corrected chi connectivity index (χ0v) is 13.4. The van der Waals surface area contributed by atoms with Crippen LogP contribution in [0.15, 0.2) is 18.3 Å². The van der Waals surface area contributed by atoms with Crippen LogP contribution in [0.4, 0.5) is 0 Å². The minimum Gasteiger partial charge on any atom is -0.461 e. The standard InChI is InChI=1S/C15H17ClN2O2S/c1-2-20-15(19)12-5-11-6-14(16)17-7-13(11)18(12)4-3-10-8-21-9-10/h5-7,10H,2-4,8-9H2,1H3. The molecular weight excluding hydrogens is 308 g/mol. The molecule has 2 aromatic rings. The summed E-state index contributed by atoms with van der Waals surface area (Å²) in [5.41, 5.74) is 1.53. The molecule has 0 aliphatic carbocycles. The average Bonchev–Trinajstić information content (AvgIpc) is 2.75. The Morgan fingerprint density at radius 3 is 3.00 bits per heavy atom.